The molecule has 0 saturated carbocycles. The zero-order valence-corrected chi connectivity index (χ0v) is 11.2. The van der Waals surface area contributed by atoms with E-state index in [0.717, 1.165) is 22.0 Å². The summed E-state index contributed by atoms with van der Waals surface area (Å²) in [7, 11) is 0. The highest BCUT2D eigenvalue weighted by Crippen LogP contribution is 2.24. The van der Waals surface area contributed by atoms with Crippen molar-refractivity contribution in [3.05, 3.63) is 66.0 Å². The molecule has 0 aliphatic heterocycles. The Labute approximate surface area is 121 Å². The van der Waals surface area contributed by atoms with Crippen molar-refractivity contribution < 1.29 is 9.90 Å². The van der Waals surface area contributed by atoms with Gasteiger partial charge in [0.15, 0.2) is 0 Å². The minimum absolute atomic E-state index is 0.239. The van der Waals surface area contributed by atoms with E-state index in [2.05, 4.69) is 9.97 Å². The Morgan fingerprint density at radius 2 is 2.19 bits per heavy atom. The Bertz CT molecular complexity index is 808. The molecule has 2 heterocycles. The summed E-state index contributed by atoms with van der Waals surface area (Å²) < 4.78 is 0. The molecule has 21 heavy (non-hydrogen) atoms. The van der Waals surface area contributed by atoms with Crippen LogP contribution in [0.1, 0.15) is 21.6 Å². The quantitative estimate of drug-likeness (QED) is 0.683. The summed E-state index contributed by atoms with van der Waals surface area (Å²) in [6.45, 7) is 0. The first-order chi connectivity index (χ1) is 10.1. The first-order valence-corrected chi connectivity index (χ1v) is 6.51. The summed E-state index contributed by atoms with van der Waals surface area (Å²) in [6.07, 6.45) is 6.14. The van der Waals surface area contributed by atoms with Gasteiger partial charge >= 0.3 is 0 Å². The molecule has 4 N–H and O–H groups in total. The number of amides is 1. The molecule has 1 radical (unpaired) electrons. The molecule has 3 rings (SSSR count). The molecule has 0 aliphatic carbocycles. The Morgan fingerprint density at radius 3 is 3.00 bits per heavy atom. The monoisotopic (exact) mass is 280 g/mol. The summed E-state index contributed by atoms with van der Waals surface area (Å²) in [5, 5.41) is 10.6. The van der Waals surface area contributed by atoms with E-state index < -0.39 is 5.91 Å². The van der Waals surface area contributed by atoms with Crippen molar-refractivity contribution in [2.45, 2.75) is 6.42 Å². The molecule has 0 fully saturated rings. The Morgan fingerprint density at radius 1 is 1.33 bits per heavy atom. The van der Waals surface area contributed by atoms with Crippen molar-refractivity contribution in [2.24, 2.45) is 5.73 Å². The highest BCUT2D eigenvalue weighted by molar-refractivity contribution is 5.91. The number of carbonyl (C=O) groups is 1. The number of carbonyl (C=O) groups excluding carboxylic acids is 1. The minimum atomic E-state index is -0.540. The van der Waals surface area contributed by atoms with E-state index >= 15 is 0 Å². The third kappa shape index (κ3) is 2.72. The molecule has 105 valence electrons. The van der Waals surface area contributed by atoms with Crippen molar-refractivity contribution in [2.75, 3.05) is 0 Å². The van der Waals surface area contributed by atoms with Crippen LogP contribution in [-0.2, 0) is 6.42 Å². The van der Waals surface area contributed by atoms with Gasteiger partial charge in [-0.25, -0.2) is 0 Å². The highest BCUT2D eigenvalue weighted by atomic mass is 16.3. The average molecular weight is 280 g/mol. The molecule has 5 nitrogen and oxygen atoms in total. The second-order valence-corrected chi connectivity index (χ2v) is 4.79. The predicted molar refractivity (Wildman–Crippen MR) is 79.8 cm³/mol. The Balaban J connectivity index is 1.82. The number of H-pyrrole nitrogens is 1. The fourth-order valence-corrected chi connectivity index (χ4v) is 2.27. The number of phenolic OH excluding ortho intramolecular Hbond substituents is 1. The number of fused-ring (bicyclic) bond motifs is 1. The molecular weight excluding hydrogens is 266 g/mol. The maximum atomic E-state index is 11.1. The van der Waals surface area contributed by atoms with Crippen molar-refractivity contribution >= 4 is 16.8 Å². The number of aromatic nitrogens is 2. The lowest BCUT2D eigenvalue weighted by Crippen LogP contribution is -2.13. The second-order valence-electron chi connectivity index (χ2n) is 4.79. The van der Waals surface area contributed by atoms with E-state index in [1.807, 2.05) is 24.8 Å². The van der Waals surface area contributed by atoms with Gasteiger partial charge in [0.2, 0.25) is 0 Å². The molecular formula is C16H14N3O2. The maximum absolute atomic E-state index is 11.1. The van der Waals surface area contributed by atoms with Gasteiger partial charge in [-0.3, -0.25) is 9.78 Å². The van der Waals surface area contributed by atoms with Gasteiger partial charge in [-0.05, 0) is 54.3 Å². The molecule has 0 atom stereocenters. The van der Waals surface area contributed by atoms with Gasteiger partial charge in [0, 0.05) is 23.3 Å². The summed E-state index contributed by atoms with van der Waals surface area (Å²) in [5.74, 6) is -0.300. The van der Waals surface area contributed by atoms with Crippen LogP contribution in [0.3, 0.4) is 0 Å². The van der Waals surface area contributed by atoms with E-state index in [4.69, 9.17) is 5.73 Å². The molecule has 0 spiro atoms. The molecule has 0 aliphatic rings. The molecule has 3 aromatic rings. The topological polar surface area (TPSA) is 92.0 Å². The van der Waals surface area contributed by atoms with Gasteiger partial charge < -0.3 is 15.8 Å². The van der Waals surface area contributed by atoms with Crippen LogP contribution in [0.2, 0.25) is 0 Å². The zero-order valence-electron chi connectivity index (χ0n) is 11.2. The molecule has 0 saturated heterocycles. The first-order valence-electron chi connectivity index (χ1n) is 6.51. The molecule has 1 aromatic carbocycles. The van der Waals surface area contributed by atoms with E-state index in [-0.39, 0.29) is 11.4 Å². The van der Waals surface area contributed by atoms with Crippen LogP contribution in [0.25, 0.3) is 10.9 Å². The molecule has 2 aromatic heterocycles. The van der Waals surface area contributed by atoms with Crippen molar-refractivity contribution in [3.8, 4) is 5.75 Å². The van der Waals surface area contributed by atoms with Crippen LogP contribution >= 0.6 is 0 Å². The lowest BCUT2D eigenvalue weighted by molar-refractivity contribution is 0.0995. The number of hydrogen-bond acceptors (Lipinski definition) is 3. The van der Waals surface area contributed by atoms with Crippen LogP contribution in [0, 0.1) is 6.42 Å². The first kappa shape index (κ1) is 13.2. The van der Waals surface area contributed by atoms with Gasteiger partial charge in [0.1, 0.15) is 11.4 Å². The van der Waals surface area contributed by atoms with Gasteiger partial charge in [0.05, 0.1) is 0 Å². The highest BCUT2D eigenvalue weighted by Gasteiger charge is 2.07. The lowest BCUT2D eigenvalue weighted by Gasteiger charge is -2.02. The Kier molecular flexibility index (Phi) is 3.31. The van der Waals surface area contributed by atoms with Crippen LogP contribution in [0.15, 0.2) is 42.7 Å². The third-order valence-electron chi connectivity index (χ3n) is 3.35. The standard InChI is InChI=1S/C16H14N3O2/c17-16(21)15-7-10(5-6-18-15)1-2-11-9-19-14-4-3-12(20)8-13(11)14/h1,3-9,19-20H,2H2,(H2,17,21). The van der Waals surface area contributed by atoms with Gasteiger partial charge in [-0.15, -0.1) is 0 Å². The number of rotatable bonds is 4. The molecule has 5 heteroatoms. The zero-order chi connectivity index (χ0) is 14.8. The van der Waals surface area contributed by atoms with Crippen LogP contribution < -0.4 is 5.73 Å². The van der Waals surface area contributed by atoms with E-state index in [9.17, 15) is 9.90 Å². The predicted octanol–water partition coefficient (Wildman–Crippen LogP) is 2.16. The number of nitrogens with two attached hydrogens (primary N) is 1. The summed E-state index contributed by atoms with van der Waals surface area (Å²) in [4.78, 5) is 18.2. The Hall–Kier alpha value is -2.82. The number of nitrogens with one attached hydrogen (secondary N) is 1. The van der Waals surface area contributed by atoms with E-state index in [1.54, 1.807) is 24.4 Å². The SMILES string of the molecule is NC(=O)c1cc([CH]Cc2c[nH]c3ccc(O)cc23)ccn1. The molecule has 1 amide bonds. The van der Waals surface area contributed by atoms with Gasteiger partial charge in [0.25, 0.3) is 5.91 Å². The lowest BCUT2D eigenvalue weighted by atomic mass is 10.0. The van der Waals surface area contributed by atoms with Crippen LogP contribution in [0.5, 0.6) is 5.75 Å². The summed E-state index contributed by atoms with van der Waals surface area (Å²) in [6, 6.07) is 8.70. The van der Waals surface area contributed by atoms with Crippen molar-refractivity contribution in [3.63, 3.8) is 0 Å². The number of nitrogens with zero attached hydrogens (tertiary/aromatic N) is 1. The number of phenols is 1. The van der Waals surface area contributed by atoms with Crippen molar-refractivity contribution in [1.82, 2.24) is 9.97 Å². The fourth-order valence-electron chi connectivity index (χ4n) is 2.27. The van der Waals surface area contributed by atoms with E-state index in [0.29, 0.717) is 6.42 Å². The number of pyridine rings is 1. The number of primary amides is 1. The second kappa shape index (κ2) is 5.28. The molecule has 0 bridgehead atoms. The van der Waals surface area contributed by atoms with Gasteiger partial charge in [-0.2, -0.15) is 0 Å². The van der Waals surface area contributed by atoms with Crippen LogP contribution in [0.4, 0.5) is 0 Å². The summed E-state index contributed by atoms with van der Waals surface area (Å²) >= 11 is 0. The average Bonchev–Trinajstić information content (AvgIpc) is 2.87. The minimum Gasteiger partial charge on any atom is -0.508 e. The van der Waals surface area contributed by atoms with Crippen LogP contribution in [-0.4, -0.2) is 21.0 Å². The number of benzene rings is 1. The number of hydrogen-bond donors (Lipinski definition) is 3. The maximum Gasteiger partial charge on any atom is 0.267 e. The van der Waals surface area contributed by atoms with Gasteiger partial charge in [-0.1, -0.05) is 0 Å². The van der Waals surface area contributed by atoms with E-state index in [1.165, 1.54) is 0 Å². The molecule has 0 unspecified atom stereocenters. The van der Waals surface area contributed by atoms with Crippen molar-refractivity contribution in [1.29, 1.82) is 0 Å². The largest absolute Gasteiger partial charge is 0.508 e. The number of aromatic amines is 1. The smallest absolute Gasteiger partial charge is 0.267 e. The number of aromatic hydroxyl groups is 1. The third-order valence-corrected chi connectivity index (χ3v) is 3.35. The summed E-state index contributed by atoms with van der Waals surface area (Å²) in [5.41, 5.74) is 8.39. The fraction of sp³-hybridized carbons (Fsp3) is 0.0625. The normalized spacial score (nSPS) is 10.9.